The molecule has 0 spiro atoms. The molecule has 1 aromatic heterocycles. The first-order valence-electron chi connectivity index (χ1n) is 6.04. The third-order valence-corrected chi connectivity index (χ3v) is 3.92. The zero-order chi connectivity index (χ0) is 12.3. The molecule has 0 bridgehead atoms. The van der Waals surface area contributed by atoms with Gasteiger partial charge in [-0.3, -0.25) is 4.79 Å². The predicted molar refractivity (Wildman–Crippen MR) is 67.3 cm³/mol. The minimum Gasteiger partial charge on any atom is -0.334 e. The van der Waals surface area contributed by atoms with Crippen molar-refractivity contribution in [1.29, 1.82) is 0 Å². The second kappa shape index (κ2) is 5.55. The summed E-state index contributed by atoms with van der Waals surface area (Å²) in [6.45, 7) is 3.72. The van der Waals surface area contributed by atoms with Crippen molar-refractivity contribution in [2.24, 2.45) is 0 Å². The van der Waals surface area contributed by atoms with Crippen molar-refractivity contribution >= 4 is 17.4 Å². The molecule has 0 aromatic carbocycles. The average Bonchev–Trinajstić information content (AvgIpc) is 2.96. The van der Waals surface area contributed by atoms with Gasteiger partial charge in [0.15, 0.2) is 0 Å². The maximum absolute atomic E-state index is 12.4. The maximum Gasteiger partial charge on any atom is 0.267 e. The van der Waals surface area contributed by atoms with Crippen molar-refractivity contribution in [3.63, 3.8) is 0 Å². The SMILES string of the molecule is CCc1nnsc1C(=O)N1CCCC1CNC. The molecular weight excluding hydrogens is 236 g/mol. The van der Waals surface area contributed by atoms with Crippen LogP contribution in [-0.2, 0) is 6.42 Å². The Labute approximate surface area is 105 Å². The van der Waals surface area contributed by atoms with Crippen LogP contribution in [0.25, 0.3) is 0 Å². The van der Waals surface area contributed by atoms with Gasteiger partial charge in [-0.05, 0) is 37.8 Å². The summed E-state index contributed by atoms with van der Waals surface area (Å²) in [5.41, 5.74) is 0.829. The molecular formula is C11H18N4OS. The minimum absolute atomic E-state index is 0.106. The summed E-state index contributed by atoms with van der Waals surface area (Å²) in [5.74, 6) is 0.106. The molecule has 1 aliphatic rings. The monoisotopic (exact) mass is 254 g/mol. The molecule has 0 radical (unpaired) electrons. The third kappa shape index (κ3) is 2.47. The summed E-state index contributed by atoms with van der Waals surface area (Å²) in [4.78, 5) is 15.1. The Kier molecular flexibility index (Phi) is 4.06. The van der Waals surface area contributed by atoms with Crippen molar-refractivity contribution in [1.82, 2.24) is 19.8 Å². The quantitative estimate of drug-likeness (QED) is 0.868. The van der Waals surface area contributed by atoms with Crippen molar-refractivity contribution in [3.05, 3.63) is 10.6 Å². The van der Waals surface area contributed by atoms with E-state index >= 15 is 0 Å². The Morgan fingerprint density at radius 3 is 3.18 bits per heavy atom. The molecule has 1 aliphatic heterocycles. The Balaban J connectivity index is 2.14. The first kappa shape index (κ1) is 12.4. The van der Waals surface area contributed by atoms with Crippen LogP contribution in [0.4, 0.5) is 0 Å². The van der Waals surface area contributed by atoms with Gasteiger partial charge in [0.25, 0.3) is 5.91 Å². The number of nitrogens with zero attached hydrogens (tertiary/aromatic N) is 3. The lowest BCUT2D eigenvalue weighted by atomic mass is 10.2. The molecule has 1 aromatic rings. The highest BCUT2D eigenvalue weighted by molar-refractivity contribution is 7.08. The molecule has 5 nitrogen and oxygen atoms in total. The van der Waals surface area contributed by atoms with Crippen LogP contribution in [0.15, 0.2) is 0 Å². The van der Waals surface area contributed by atoms with Gasteiger partial charge in [-0.25, -0.2) is 0 Å². The van der Waals surface area contributed by atoms with E-state index in [1.807, 2.05) is 18.9 Å². The van der Waals surface area contributed by atoms with E-state index in [1.54, 1.807) is 0 Å². The minimum atomic E-state index is 0.106. The highest BCUT2D eigenvalue weighted by Gasteiger charge is 2.31. The number of aryl methyl sites for hydroxylation is 1. The second-order valence-corrected chi connectivity index (χ2v) is 5.01. The molecule has 1 atom stereocenters. The standard InChI is InChI=1S/C11H18N4OS/c1-3-9-10(17-14-13-9)11(16)15-6-4-5-8(15)7-12-2/h8,12H,3-7H2,1-2H3. The number of aromatic nitrogens is 2. The number of nitrogens with one attached hydrogen (secondary N) is 1. The van der Waals surface area contributed by atoms with Crippen LogP contribution in [0.5, 0.6) is 0 Å². The Bertz CT molecular complexity index is 393. The van der Waals surface area contributed by atoms with Crippen LogP contribution in [0.3, 0.4) is 0 Å². The van der Waals surface area contributed by atoms with E-state index in [0.717, 1.165) is 42.9 Å². The van der Waals surface area contributed by atoms with Gasteiger partial charge < -0.3 is 10.2 Å². The van der Waals surface area contributed by atoms with E-state index < -0.39 is 0 Å². The number of likely N-dealkylation sites (tertiary alicyclic amines) is 1. The smallest absolute Gasteiger partial charge is 0.267 e. The van der Waals surface area contributed by atoms with Gasteiger partial charge in [0, 0.05) is 19.1 Å². The summed E-state index contributed by atoms with van der Waals surface area (Å²) < 4.78 is 3.89. The van der Waals surface area contributed by atoms with Crippen LogP contribution in [0.1, 0.15) is 35.1 Å². The van der Waals surface area contributed by atoms with Crippen LogP contribution in [-0.4, -0.2) is 46.6 Å². The van der Waals surface area contributed by atoms with Gasteiger partial charge in [0.1, 0.15) is 4.88 Å². The summed E-state index contributed by atoms with van der Waals surface area (Å²) in [6.07, 6.45) is 2.94. The van der Waals surface area contributed by atoms with E-state index in [0.29, 0.717) is 6.04 Å². The van der Waals surface area contributed by atoms with Gasteiger partial charge in [0.05, 0.1) is 5.69 Å². The number of carbonyl (C=O) groups excluding carboxylic acids is 1. The molecule has 94 valence electrons. The fourth-order valence-corrected chi connectivity index (χ4v) is 2.99. The average molecular weight is 254 g/mol. The lowest BCUT2D eigenvalue weighted by Crippen LogP contribution is -2.40. The molecule has 17 heavy (non-hydrogen) atoms. The van der Waals surface area contributed by atoms with E-state index in [-0.39, 0.29) is 5.91 Å². The Morgan fingerprint density at radius 1 is 1.65 bits per heavy atom. The van der Waals surface area contributed by atoms with Gasteiger partial charge in [0.2, 0.25) is 0 Å². The molecule has 1 saturated heterocycles. The molecule has 1 N–H and O–H groups in total. The van der Waals surface area contributed by atoms with E-state index in [4.69, 9.17) is 0 Å². The summed E-state index contributed by atoms with van der Waals surface area (Å²) in [5, 5.41) is 7.15. The molecule has 1 fully saturated rings. The molecule has 1 amide bonds. The number of rotatable bonds is 4. The number of hydrogen-bond donors (Lipinski definition) is 1. The second-order valence-electron chi connectivity index (χ2n) is 4.25. The lowest BCUT2D eigenvalue weighted by Gasteiger charge is -2.23. The van der Waals surface area contributed by atoms with Crippen LogP contribution in [0.2, 0.25) is 0 Å². The van der Waals surface area contributed by atoms with E-state index in [1.165, 1.54) is 11.5 Å². The first-order chi connectivity index (χ1) is 8.27. The topological polar surface area (TPSA) is 58.1 Å². The van der Waals surface area contributed by atoms with Gasteiger partial charge in [-0.2, -0.15) is 0 Å². The van der Waals surface area contributed by atoms with Crippen LogP contribution < -0.4 is 5.32 Å². The fourth-order valence-electron chi connectivity index (χ4n) is 2.28. The molecule has 1 unspecified atom stereocenters. The Hall–Kier alpha value is -1.01. The van der Waals surface area contributed by atoms with Crippen molar-refractivity contribution < 1.29 is 4.79 Å². The fraction of sp³-hybridized carbons (Fsp3) is 0.727. The van der Waals surface area contributed by atoms with Gasteiger partial charge in [-0.1, -0.05) is 11.4 Å². The maximum atomic E-state index is 12.4. The van der Waals surface area contributed by atoms with Crippen molar-refractivity contribution in [2.45, 2.75) is 32.2 Å². The van der Waals surface area contributed by atoms with Gasteiger partial charge in [-0.15, -0.1) is 5.10 Å². The highest BCUT2D eigenvalue weighted by atomic mass is 32.1. The normalized spacial score (nSPS) is 19.9. The van der Waals surface area contributed by atoms with Crippen molar-refractivity contribution in [2.75, 3.05) is 20.1 Å². The first-order valence-corrected chi connectivity index (χ1v) is 6.82. The van der Waals surface area contributed by atoms with E-state index in [2.05, 4.69) is 14.9 Å². The van der Waals surface area contributed by atoms with Crippen molar-refractivity contribution in [3.8, 4) is 0 Å². The Morgan fingerprint density at radius 2 is 2.47 bits per heavy atom. The number of hydrogen-bond acceptors (Lipinski definition) is 5. The summed E-state index contributed by atoms with van der Waals surface area (Å²) in [6, 6.07) is 0.319. The van der Waals surface area contributed by atoms with E-state index in [9.17, 15) is 4.79 Å². The molecule has 0 saturated carbocycles. The van der Waals surface area contributed by atoms with Gasteiger partial charge >= 0.3 is 0 Å². The molecule has 2 heterocycles. The largest absolute Gasteiger partial charge is 0.334 e. The number of likely N-dealkylation sites (N-methyl/N-ethyl adjacent to an activating group) is 1. The number of amides is 1. The summed E-state index contributed by atoms with van der Waals surface area (Å²) in [7, 11) is 1.92. The number of carbonyl (C=O) groups is 1. The molecule has 0 aliphatic carbocycles. The predicted octanol–water partition coefficient (Wildman–Crippen LogP) is 0.924. The zero-order valence-corrected chi connectivity index (χ0v) is 11.1. The zero-order valence-electron chi connectivity index (χ0n) is 10.3. The van der Waals surface area contributed by atoms with Crippen LogP contribution >= 0.6 is 11.5 Å². The highest BCUT2D eigenvalue weighted by Crippen LogP contribution is 2.22. The third-order valence-electron chi connectivity index (χ3n) is 3.16. The van der Waals surface area contributed by atoms with Crippen LogP contribution in [0, 0.1) is 0 Å². The molecule has 2 rings (SSSR count). The lowest BCUT2D eigenvalue weighted by molar-refractivity contribution is 0.0740. The summed E-state index contributed by atoms with van der Waals surface area (Å²) >= 11 is 1.22. The molecule has 6 heteroatoms.